The molecule has 0 aromatic heterocycles. The number of benzene rings is 6. The quantitative estimate of drug-likeness (QED) is 0.161. The van der Waals surface area contributed by atoms with Crippen LogP contribution < -0.4 is 5.11 Å². The average Bonchev–Trinajstić information content (AvgIpc) is 2.98. The predicted molar refractivity (Wildman–Crippen MR) is 151 cm³/mol. The number of nitrogens with zero attached hydrogens (tertiary/aromatic N) is 3. The van der Waals surface area contributed by atoms with Crippen LogP contribution in [0.4, 0.5) is 17.1 Å². The Morgan fingerprint density at radius 1 is 0.450 bits per heavy atom. The minimum atomic E-state index is -0.325. The summed E-state index contributed by atoms with van der Waals surface area (Å²) in [5.74, 6) is -0.476. The molecule has 6 aromatic rings. The fourth-order valence-corrected chi connectivity index (χ4v) is 4.01. The number of hydrogen-bond donors (Lipinski definition) is 2. The smallest absolute Gasteiger partial charge is 0.871 e. The number of phenols is 2. The minimum absolute atomic E-state index is 0. The van der Waals surface area contributed by atoms with E-state index in [0.717, 1.165) is 16.2 Å². The van der Waals surface area contributed by atoms with E-state index in [9.17, 15) is 30.0 Å². The Bertz CT molecular complexity index is 1620. The first-order chi connectivity index (χ1) is 19.0. The van der Waals surface area contributed by atoms with Crippen molar-refractivity contribution in [3.05, 3.63) is 124 Å². The van der Waals surface area contributed by atoms with Crippen molar-refractivity contribution in [3.8, 4) is 17.2 Å². The number of aromatic hydroxyl groups is 2. The van der Waals surface area contributed by atoms with Gasteiger partial charge in [0.05, 0.1) is 0 Å². The summed E-state index contributed by atoms with van der Waals surface area (Å²) in [6.07, 6.45) is 0. The Morgan fingerprint density at radius 2 is 0.775 bits per heavy atom. The molecule has 197 valence electrons. The monoisotopic (exact) mass is 574 g/mol. The molecule has 0 saturated carbocycles. The van der Waals surface area contributed by atoms with E-state index >= 15 is 0 Å². The molecule has 0 fully saturated rings. The van der Waals surface area contributed by atoms with Gasteiger partial charge >= 0.3 is 17.1 Å². The van der Waals surface area contributed by atoms with Crippen molar-refractivity contribution in [3.63, 3.8) is 0 Å². The molecule has 9 nitrogen and oxygen atoms in total. The number of nitroso groups, excluding NO2 is 3. The second-order valence-corrected chi connectivity index (χ2v) is 8.22. The van der Waals surface area contributed by atoms with Gasteiger partial charge in [0.25, 0.3) is 0 Å². The van der Waals surface area contributed by atoms with Crippen molar-refractivity contribution < 1.29 is 32.4 Å². The minimum Gasteiger partial charge on any atom is -0.871 e. The largest absolute Gasteiger partial charge is 3.00 e. The third-order valence-corrected chi connectivity index (χ3v) is 5.90. The van der Waals surface area contributed by atoms with Crippen LogP contribution in [0.5, 0.6) is 17.2 Å². The molecule has 0 spiro atoms. The van der Waals surface area contributed by atoms with E-state index in [2.05, 4.69) is 15.5 Å². The van der Waals surface area contributed by atoms with E-state index in [4.69, 9.17) is 0 Å². The summed E-state index contributed by atoms with van der Waals surface area (Å²) in [5.41, 5.74) is 0.217. The zero-order valence-corrected chi connectivity index (χ0v) is 21.7. The van der Waals surface area contributed by atoms with Crippen molar-refractivity contribution >= 4 is 49.4 Å². The van der Waals surface area contributed by atoms with Crippen LogP contribution in [-0.4, -0.2) is 10.2 Å². The second-order valence-electron chi connectivity index (χ2n) is 8.22. The molecule has 0 saturated heterocycles. The zero-order valence-electron chi connectivity index (χ0n) is 20.6. The van der Waals surface area contributed by atoms with Crippen LogP contribution >= 0.6 is 0 Å². The van der Waals surface area contributed by atoms with Crippen LogP contribution in [0.25, 0.3) is 32.3 Å². The van der Waals surface area contributed by atoms with Gasteiger partial charge in [0, 0.05) is 16.2 Å². The summed E-state index contributed by atoms with van der Waals surface area (Å²) in [6.45, 7) is 0. The van der Waals surface area contributed by atoms with Crippen LogP contribution in [0, 0.1) is 14.7 Å². The summed E-state index contributed by atoms with van der Waals surface area (Å²) >= 11 is 0. The molecule has 2 N–H and O–H groups in total. The van der Waals surface area contributed by atoms with Gasteiger partial charge in [-0.1, -0.05) is 103 Å². The average molecular weight is 574 g/mol. The van der Waals surface area contributed by atoms with Gasteiger partial charge in [0.1, 0.15) is 17.2 Å². The van der Waals surface area contributed by atoms with Crippen molar-refractivity contribution in [2.75, 3.05) is 0 Å². The van der Waals surface area contributed by atoms with Crippen molar-refractivity contribution in [2.24, 2.45) is 15.5 Å². The standard InChI is InChI=1S/3C10H7NO2.Fe/c3*12-9-6-5-7-3-1-2-4-8(7)10(9)11-13;/h3*1-6,12H;/q;;;+3/p-1. The molecular weight excluding hydrogens is 554 g/mol. The molecule has 1 radical (unpaired) electrons. The summed E-state index contributed by atoms with van der Waals surface area (Å²) in [6, 6.07) is 31.2. The number of rotatable bonds is 3. The molecule has 40 heavy (non-hydrogen) atoms. The first kappa shape index (κ1) is 29.4. The first-order valence-electron chi connectivity index (χ1n) is 11.6. The van der Waals surface area contributed by atoms with Crippen LogP contribution in [0.2, 0.25) is 0 Å². The Morgan fingerprint density at radius 3 is 1.15 bits per heavy atom. The van der Waals surface area contributed by atoms with Crippen LogP contribution in [0.1, 0.15) is 0 Å². The summed E-state index contributed by atoms with van der Waals surface area (Å²) < 4.78 is 0. The number of phenolic OH excluding ortho intramolecular Hbond substituents is 2. The maximum absolute atomic E-state index is 11.2. The fourth-order valence-electron chi connectivity index (χ4n) is 4.01. The molecule has 0 heterocycles. The molecule has 0 amide bonds. The van der Waals surface area contributed by atoms with Gasteiger partial charge in [0.15, 0.2) is 11.4 Å². The van der Waals surface area contributed by atoms with Gasteiger partial charge in [-0.15, -0.1) is 14.7 Å². The summed E-state index contributed by atoms with van der Waals surface area (Å²) in [4.78, 5) is 31.3. The molecule has 0 aliphatic carbocycles. The predicted octanol–water partition coefficient (Wildman–Crippen LogP) is 8.20. The first-order valence-corrected chi connectivity index (χ1v) is 11.6. The SMILES string of the molecule is O=Nc1c(O)ccc2ccccc12.O=Nc1c(O)ccc2ccccc12.O=Nc1c([O-])ccc2ccccc12.[Fe+3]. The van der Waals surface area contributed by atoms with Gasteiger partial charge in [-0.2, -0.15) is 0 Å². The van der Waals surface area contributed by atoms with E-state index < -0.39 is 0 Å². The van der Waals surface area contributed by atoms with Crippen LogP contribution in [0.15, 0.2) is 125 Å². The third kappa shape index (κ3) is 6.27. The van der Waals surface area contributed by atoms with Crippen molar-refractivity contribution in [2.45, 2.75) is 0 Å². The number of hydrogen-bond acceptors (Lipinski definition) is 9. The van der Waals surface area contributed by atoms with Gasteiger partial charge < -0.3 is 15.3 Å². The molecule has 0 aliphatic rings. The van der Waals surface area contributed by atoms with Crippen molar-refractivity contribution in [1.29, 1.82) is 0 Å². The fraction of sp³-hybridized carbons (Fsp3) is 0. The van der Waals surface area contributed by atoms with Crippen LogP contribution in [0.3, 0.4) is 0 Å². The Labute approximate surface area is 238 Å². The summed E-state index contributed by atoms with van der Waals surface area (Å²) in [7, 11) is 0. The van der Waals surface area contributed by atoms with Gasteiger partial charge in [-0.05, 0) is 43.8 Å². The van der Waals surface area contributed by atoms with E-state index in [1.54, 1.807) is 54.6 Å². The van der Waals surface area contributed by atoms with Crippen molar-refractivity contribution in [1.82, 2.24) is 0 Å². The molecule has 0 aliphatic heterocycles. The molecule has 6 aromatic carbocycles. The molecule has 0 unspecified atom stereocenters. The zero-order chi connectivity index (χ0) is 27.8. The van der Waals surface area contributed by atoms with E-state index in [1.165, 1.54) is 18.2 Å². The number of fused-ring (bicyclic) bond motifs is 3. The molecular formula is C30H20FeN3O6+2. The molecule has 0 bridgehead atoms. The maximum atomic E-state index is 11.2. The van der Waals surface area contributed by atoms with Gasteiger partial charge in [-0.25, -0.2) is 0 Å². The van der Waals surface area contributed by atoms with E-state index in [0.29, 0.717) is 16.2 Å². The topological polar surface area (TPSA) is 152 Å². The molecule has 0 atom stereocenters. The molecule has 10 heteroatoms. The summed E-state index contributed by atoms with van der Waals surface area (Å²) in [5, 5.41) is 42.8. The Kier molecular flexibility index (Phi) is 9.96. The van der Waals surface area contributed by atoms with E-state index in [-0.39, 0.29) is 51.4 Å². The third-order valence-electron chi connectivity index (χ3n) is 5.90. The van der Waals surface area contributed by atoms with E-state index in [1.807, 2.05) is 36.4 Å². The Balaban J connectivity index is 0.000000163. The normalized spacial score (nSPS) is 9.90. The Hall–Kier alpha value is -5.18. The van der Waals surface area contributed by atoms with Crippen LogP contribution in [-0.2, 0) is 17.1 Å². The van der Waals surface area contributed by atoms with Gasteiger partial charge in [-0.3, -0.25) is 0 Å². The molecule has 6 rings (SSSR count). The van der Waals surface area contributed by atoms with Gasteiger partial charge in [0.2, 0.25) is 0 Å². The second kappa shape index (κ2) is 13.6. The maximum Gasteiger partial charge on any atom is 3.00 e.